The fourth-order valence-corrected chi connectivity index (χ4v) is 5.21. The largest absolute Gasteiger partial charge is 0.461 e. The lowest BCUT2D eigenvalue weighted by Gasteiger charge is -2.35. The molecule has 0 bridgehead atoms. The summed E-state index contributed by atoms with van der Waals surface area (Å²) in [5, 5.41) is 11.3. The maximum Gasteiger partial charge on any atom is 0.329 e. The Labute approximate surface area is 209 Å². The molecule has 7 heteroatoms. The molecule has 1 aromatic rings. The van der Waals surface area contributed by atoms with Gasteiger partial charge >= 0.3 is 11.8 Å². The van der Waals surface area contributed by atoms with Gasteiger partial charge in [-0.3, -0.25) is 9.59 Å². The monoisotopic (exact) mass is 487 g/mol. The molecule has 0 radical (unpaired) electrons. The van der Waals surface area contributed by atoms with Crippen LogP contribution in [0.1, 0.15) is 72.3 Å². The molecule has 2 heterocycles. The highest BCUT2D eigenvalue weighted by Gasteiger charge is 2.55. The van der Waals surface area contributed by atoms with Crippen LogP contribution in [-0.2, 0) is 30.3 Å². The second-order valence-electron chi connectivity index (χ2n) is 10.5. The van der Waals surface area contributed by atoms with Crippen molar-refractivity contribution in [1.82, 2.24) is 4.90 Å². The Morgan fingerprint density at radius 3 is 2.49 bits per heavy atom. The van der Waals surface area contributed by atoms with Crippen molar-refractivity contribution >= 4 is 17.7 Å². The van der Waals surface area contributed by atoms with Gasteiger partial charge in [0.15, 0.2) is 0 Å². The number of rotatable bonds is 8. The van der Waals surface area contributed by atoms with Crippen LogP contribution in [0.15, 0.2) is 30.3 Å². The van der Waals surface area contributed by atoms with E-state index in [4.69, 9.17) is 9.47 Å². The lowest BCUT2D eigenvalue weighted by atomic mass is 9.92. The van der Waals surface area contributed by atoms with Crippen molar-refractivity contribution in [2.75, 3.05) is 6.54 Å². The van der Waals surface area contributed by atoms with Gasteiger partial charge in [0, 0.05) is 12.5 Å². The van der Waals surface area contributed by atoms with Crippen LogP contribution < -0.4 is 0 Å². The summed E-state index contributed by atoms with van der Waals surface area (Å²) in [6.07, 6.45) is 3.02. The van der Waals surface area contributed by atoms with Gasteiger partial charge in [0.1, 0.15) is 12.1 Å². The van der Waals surface area contributed by atoms with E-state index in [0.717, 1.165) is 12.8 Å². The molecule has 2 fully saturated rings. The number of ether oxygens (including phenoxy) is 2. The van der Waals surface area contributed by atoms with Gasteiger partial charge in [-0.05, 0) is 62.8 Å². The fraction of sp³-hybridized carbons (Fsp3) is 0.679. The third-order valence-electron chi connectivity index (χ3n) is 7.64. The van der Waals surface area contributed by atoms with Gasteiger partial charge in [-0.15, -0.1) is 0 Å². The first-order chi connectivity index (χ1) is 16.6. The number of aliphatic hydroxyl groups is 1. The summed E-state index contributed by atoms with van der Waals surface area (Å²) >= 11 is 0. The van der Waals surface area contributed by atoms with Crippen molar-refractivity contribution in [3.05, 3.63) is 35.9 Å². The van der Waals surface area contributed by atoms with Gasteiger partial charge in [0.2, 0.25) is 5.78 Å². The first kappa shape index (κ1) is 27.3. The number of benzene rings is 1. The minimum Gasteiger partial charge on any atom is -0.461 e. The molecule has 2 saturated heterocycles. The van der Waals surface area contributed by atoms with Crippen molar-refractivity contribution in [2.45, 2.75) is 97.2 Å². The van der Waals surface area contributed by atoms with E-state index in [0.29, 0.717) is 25.7 Å². The van der Waals surface area contributed by atoms with E-state index in [1.165, 1.54) is 10.5 Å². The minimum atomic E-state index is -2.57. The number of amides is 1. The van der Waals surface area contributed by atoms with Crippen LogP contribution in [0.2, 0.25) is 0 Å². The fourth-order valence-electron chi connectivity index (χ4n) is 5.21. The van der Waals surface area contributed by atoms with Crippen LogP contribution in [-0.4, -0.2) is 58.2 Å². The molecule has 1 N–H and O–H groups in total. The lowest BCUT2D eigenvalue weighted by molar-refractivity contribution is -0.231. The molecule has 3 rings (SSSR count). The Balaban J connectivity index is 1.73. The number of nitrogens with zero attached hydrogens (tertiary/aromatic N) is 1. The topological polar surface area (TPSA) is 93.1 Å². The predicted molar refractivity (Wildman–Crippen MR) is 132 cm³/mol. The minimum absolute atomic E-state index is 0.0307. The number of esters is 1. The van der Waals surface area contributed by atoms with Gasteiger partial charge < -0.3 is 19.5 Å². The summed E-state index contributed by atoms with van der Waals surface area (Å²) in [5.74, 6) is -4.88. The molecule has 2 aliphatic rings. The van der Waals surface area contributed by atoms with Crippen molar-refractivity contribution in [2.24, 2.45) is 17.8 Å². The van der Waals surface area contributed by atoms with Crippen LogP contribution in [0.25, 0.3) is 0 Å². The maximum absolute atomic E-state index is 13.6. The van der Waals surface area contributed by atoms with Gasteiger partial charge in [0.25, 0.3) is 5.91 Å². The van der Waals surface area contributed by atoms with Crippen LogP contribution in [0, 0.1) is 17.8 Å². The van der Waals surface area contributed by atoms with Crippen molar-refractivity contribution in [3.8, 4) is 0 Å². The highest BCUT2D eigenvalue weighted by atomic mass is 16.6. The predicted octanol–water partition coefficient (Wildman–Crippen LogP) is 3.91. The molecular weight excluding hydrogens is 446 g/mol. The molecule has 2 aliphatic heterocycles. The van der Waals surface area contributed by atoms with Crippen molar-refractivity contribution in [1.29, 1.82) is 0 Å². The Morgan fingerprint density at radius 2 is 1.86 bits per heavy atom. The Hall–Kier alpha value is -2.25. The smallest absolute Gasteiger partial charge is 0.329 e. The molecule has 0 aliphatic carbocycles. The molecule has 194 valence electrons. The van der Waals surface area contributed by atoms with E-state index in [1.54, 1.807) is 6.92 Å². The van der Waals surface area contributed by atoms with Crippen LogP contribution in [0.5, 0.6) is 0 Å². The summed E-state index contributed by atoms with van der Waals surface area (Å²) in [4.78, 5) is 41.1. The average Bonchev–Trinajstić information content (AvgIpc) is 3.30. The van der Waals surface area contributed by atoms with Crippen LogP contribution in [0.3, 0.4) is 0 Å². The highest BCUT2D eigenvalue weighted by molar-refractivity contribution is 6.09. The number of carbonyl (C=O) groups is 3. The zero-order valence-corrected chi connectivity index (χ0v) is 21.7. The van der Waals surface area contributed by atoms with Gasteiger partial charge in [0.05, 0.1) is 6.10 Å². The van der Waals surface area contributed by atoms with E-state index in [9.17, 15) is 19.5 Å². The lowest BCUT2D eigenvalue weighted by Crippen LogP contribution is -2.60. The number of hydrogen-bond donors (Lipinski definition) is 1. The molecule has 0 saturated carbocycles. The SMILES string of the molecule is CCC(Cc1ccccc1)C(C)OC(=O)C1CCCN1C(=O)C1(O)OC(C(C)C)CCC(C)C1=O. The zero-order valence-electron chi connectivity index (χ0n) is 21.7. The zero-order chi connectivity index (χ0) is 25.8. The average molecular weight is 488 g/mol. The second kappa shape index (κ2) is 11.7. The normalized spacial score (nSPS) is 29.1. The molecule has 6 atom stereocenters. The van der Waals surface area contributed by atoms with Crippen molar-refractivity contribution in [3.63, 3.8) is 0 Å². The van der Waals surface area contributed by atoms with E-state index < -0.39 is 41.5 Å². The van der Waals surface area contributed by atoms with Gasteiger partial charge in [-0.1, -0.05) is 58.0 Å². The summed E-state index contributed by atoms with van der Waals surface area (Å²) in [5.41, 5.74) is 1.18. The molecule has 0 aromatic heterocycles. The third-order valence-corrected chi connectivity index (χ3v) is 7.64. The summed E-state index contributed by atoms with van der Waals surface area (Å²) in [6.45, 7) is 9.81. The number of likely N-dealkylation sites (tertiary alicyclic amines) is 1. The Morgan fingerprint density at radius 1 is 1.17 bits per heavy atom. The molecule has 35 heavy (non-hydrogen) atoms. The third kappa shape index (κ3) is 6.12. The summed E-state index contributed by atoms with van der Waals surface area (Å²) in [6, 6.07) is 9.24. The summed E-state index contributed by atoms with van der Waals surface area (Å²) in [7, 11) is 0. The van der Waals surface area contributed by atoms with E-state index in [-0.39, 0.29) is 24.5 Å². The van der Waals surface area contributed by atoms with Gasteiger partial charge in [-0.2, -0.15) is 0 Å². The number of ketones is 1. The van der Waals surface area contributed by atoms with Crippen molar-refractivity contribution < 1.29 is 29.0 Å². The number of Topliss-reactive ketones (excluding diaryl/α,β-unsaturated/α-hetero) is 1. The standard InChI is InChI=1S/C28H41NO6/c1-6-22(17-21-11-8-7-9-12-21)20(5)34-26(31)23-13-10-16-29(23)27(32)28(33)25(30)19(4)14-15-24(35-28)18(2)3/h7-9,11-12,18-20,22-24,33H,6,10,13-17H2,1-5H3. The molecular formula is C28H41NO6. The van der Waals surface area contributed by atoms with Crippen LogP contribution in [0.4, 0.5) is 0 Å². The second-order valence-corrected chi connectivity index (χ2v) is 10.5. The van der Waals surface area contributed by atoms with E-state index in [1.807, 2.05) is 39.0 Å². The summed E-state index contributed by atoms with van der Waals surface area (Å²) < 4.78 is 11.7. The van der Waals surface area contributed by atoms with Gasteiger partial charge in [-0.25, -0.2) is 4.79 Å². The first-order valence-electron chi connectivity index (χ1n) is 13.1. The number of hydrogen-bond acceptors (Lipinski definition) is 6. The molecule has 1 amide bonds. The molecule has 7 nitrogen and oxygen atoms in total. The van der Waals surface area contributed by atoms with E-state index >= 15 is 0 Å². The molecule has 0 spiro atoms. The Kier molecular flexibility index (Phi) is 9.11. The quantitative estimate of drug-likeness (QED) is 0.442. The molecule has 1 aromatic carbocycles. The first-order valence-corrected chi connectivity index (χ1v) is 13.1. The highest BCUT2D eigenvalue weighted by Crippen LogP contribution is 2.33. The van der Waals surface area contributed by atoms with Crippen LogP contribution >= 0.6 is 0 Å². The Bertz CT molecular complexity index is 887. The molecule has 6 unspecified atom stereocenters. The number of carbonyl (C=O) groups excluding carboxylic acids is 3. The van der Waals surface area contributed by atoms with E-state index in [2.05, 4.69) is 19.1 Å². The maximum atomic E-state index is 13.6.